The second-order valence-electron chi connectivity index (χ2n) is 5.00. The monoisotopic (exact) mass is 250 g/mol. The van der Waals surface area contributed by atoms with E-state index in [2.05, 4.69) is 5.32 Å². The topological polar surface area (TPSA) is 75.4 Å². The molecule has 18 heavy (non-hydrogen) atoms. The zero-order valence-corrected chi connectivity index (χ0v) is 11.2. The SMILES string of the molecule is CC(NC(=O)CC(N)C(C)C)c1cccc(O)c1. The lowest BCUT2D eigenvalue weighted by Crippen LogP contribution is -2.35. The van der Waals surface area contributed by atoms with E-state index >= 15 is 0 Å². The van der Waals surface area contributed by atoms with Crippen LogP contribution in [0.25, 0.3) is 0 Å². The lowest BCUT2D eigenvalue weighted by Gasteiger charge is -2.18. The number of hydrogen-bond donors (Lipinski definition) is 3. The van der Waals surface area contributed by atoms with E-state index in [0.717, 1.165) is 5.56 Å². The highest BCUT2D eigenvalue weighted by Gasteiger charge is 2.15. The van der Waals surface area contributed by atoms with Gasteiger partial charge in [0.15, 0.2) is 0 Å². The highest BCUT2D eigenvalue weighted by Crippen LogP contribution is 2.18. The number of aromatic hydroxyl groups is 1. The Hall–Kier alpha value is -1.55. The van der Waals surface area contributed by atoms with Crippen LogP contribution in [0.15, 0.2) is 24.3 Å². The quantitative estimate of drug-likeness (QED) is 0.747. The molecular weight excluding hydrogens is 228 g/mol. The van der Waals surface area contributed by atoms with Crippen LogP contribution in [0.1, 0.15) is 38.8 Å². The van der Waals surface area contributed by atoms with Gasteiger partial charge in [-0.1, -0.05) is 26.0 Å². The Morgan fingerprint density at radius 2 is 2.06 bits per heavy atom. The van der Waals surface area contributed by atoms with E-state index in [4.69, 9.17) is 5.73 Å². The van der Waals surface area contributed by atoms with Gasteiger partial charge in [0, 0.05) is 12.5 Å². The van der Waals surface area contributed by atoms with E-state index in [9.17, 15) is 9.90 Å². The zero-order chi connectivity index (χ0) is 13.7. The maximum absolute atomic E-state index is 11.8. The van der Waals surface area contributed by atoms with Crippen LogP contribution in [0.4, 0.5) is 0 Å². The number of nitrogens with one attached hydrogen (secondary N) is 1. The Kier molecular flexibility index (Phi) is 5.16. The minimum Gasteiger partial charge on any atom is -0.508 e. The molecule has 4 N–H and O–H groups in total. The fourth-order valence-electron chi connectivity index (χ4n) is 1.63. The number of nitrogens with two attached hydrogens (primary N) is 1. The van der Waals surface area contributed by atoms with Gasteiger partial charge in [-0.2, -0.15) is 0 Å². The standard InChI is InChI=1S/C14H22N2O2/c1-9(2)13(15)8-14(18)16-10(3)11-5-4-6-12(17)7-11/h4-7,9-10,13,17H,8,15H2,1-3H3,(H,16,18). The molecule has 0 fully saturated rings. The third-order valence-electron chi connectivity index (χ3n) is 3.03. The number of amides is 1. The van der Waals surface area contributed by atoms with Gasteiger partial charge < -0.3 is 16.2 Å². The van der Waals surface area contributed by atoms with Crippen molar-refractivity contribution in [2.75, 3.05) is 0 Å². The molecule has 0 bridgehead atoms. The Bertz CT molecular complexity index is 405. The van der Waals surface area contributed by atoms with E-state index in [1.807, 2.05) is 26.8 Å². The molecule has 0 aromatic heterocycles. The number of phenols is 1. The predicted molar refractivity (Wildman–Crippen MR) is 72.1 cm³/mol. The first-order valence-electron chi connectivity index (χ1n) is 6.24. The molecule has 0 spiro atoms. The lowest BCUT2D eigenvalue weighted by atomic mass is 10.0. The van der Waals surface area contributed by atoms with Gasteiger partial charge in [-0.05, 0) is 30.5 Å². The van der Waals surface area contributed by atoms with Gasteiger partial charge in [-0.25, -0.2) is 0 Å². The number of carbonyl (C=O) groups is 1. The molecule has 0 aliphatic heterocycles. The number of benzene rings is 1. The number of phenolic OH excluding ortho intramolecular Hbond substituents is 1. The van der Waals surface area contributed by atoms with Gasteiger partial charge in [-0.15, -0.1) is 0 Å². The average Bonchev–Trinajstić information content (AvgIpc) is 2.28. The summed E-state index contributed by atoms with van der Waals surface area (Å²) in [6.07, 6.45) is 0.320. The fourth-order valence-corrected chi connectivity index (χ4v) is 1.63. The molecule has 2 atom stereocenters. The molecule has 1 rings (SSSR count). The Morgan fingerprint density at radius 3 is 2.61 bits per heavy atom. The zero-order valence-electron chi connectivity index (χ0n) is 11.2. The summed E-state index contributed by atoms with van der Waals surface area (Å²) in [5.41, 5.74) is 6.73. The van der Waals surface area contributed by atoms with Gasteiger partial charge >= 0.3 is 0 Å². The molecule has 0 saturated carbocycles. The molecule has 4 heteroatoms. The van der Waals surface area contributed by atoms with E-state index in [1.165, 1.54) is 0 Å². The molecule has 0 heterocycles. The second-order valence-corrected chi connectivity index (χ2v) is 5.00. The van der Waals surface area contributed by atoms with Gasteiger partial charge in [-0.3, -0.25) is 4.79 Å². The van der Waals surface area contributed by atoms with E-state index in [-0.39, 0.29) is 29.7 Å². The summed E-state index contributed by atoms with van der Waals surface area (Å²) in [6, 6.07) is 6.62. The van der Waals surface area contributed by atoms with Crippen molar-refractivity contribution in [2.24, 2.45) is 11.7 Å². The smallest absolute Gasteiger partial charge is 0.222 e. The van der Waals surface area contributed by atoms with Crippen molar-refractivity contribution in [3.8, 4) is 5.75 Å². The summed E-state index contributed by atoms with van der Waals surface area (Å²) in [5.74, 6) is 0.423. The van der Waals surface area contributed by atoms with Crippen LogP contribution in [-0.4, -0.2) is 17.1 Å². The molecule has 100 valence electrons. The van der Waals surface area contributed by atoms with Crippen LogP contribution in [-0.2, 0) is 4.79 Å². The summed E-state index contributed by atoms with van der Waals surface area (Å²) in [6.45, 7) is 5.88. The summed E-state index contributed by atoms with van der Waals surface area (Å²) < 4.78 is 0. The van der Waals surface area contributed by atoms with Crippen molar-refractivity contribution < 1.29 is 9.90 Å². The summed E-state index contributed by atoms with van der Waals surface area (Å²) in [5, 5.41) is 12.3. The van der Waals surface area contributed by atoms with Crippen LogP contribution in [0.5, 0.6) is 5.75 Å². The van der Waals surface area contributed by atoms with Crippen molar-refractivity contribution in [3.05, 3.63) is 29.8 Å². The first-order chi connectivity index (χ1) is 8.40. The third-order valence-corrected chi connectivity index (χ3v) is 3.03. The van der Waals surface area contributed by atoms with Gasteiger partial charge in [0.1, 0.15) is 5.75 Å². The highest BCUT2D eigenvalue weighted by molar-refractivity contribution is 5.77. The highest BCUT2D eigenvalue weighted by atomic mass is 16.3. The summed E-state index contributed by atoms with van der Waals surface area (Å²) >= 11 is 0. The first-order valence-corrected chi connectivity index (χ1v) is 6.24. The Morgan fingerprint density at radius 1 is 1.39 bits per heavy atom. The van der Waals surface area contributed by atoms with Crippen LogP contribution < -0.4 is 11.1 Å². The summed E-state index contributed by atoms with van der Waals surface area (Å²) in [4.78, 5) is 11.8. The van der Waals surface area contributed by atoms with Crippen molar-refractivity contribution in [1.29, 1.82) is 0 Å². The van der Waals surface area contributed by atoms with Crippen molar-refractivity contribution >= 4 is 5.91 Å². The second kappa shape index (κ2) is 6.40. The maximum Gasteiger partial charge on any atom is 0.222 e. The van der Waals surface area contributed by atoms with Gasteiger partial charge in [0.25, 0.3) is 0 Å². The number of rotatable bonds is 5. The molecular formula is C14H22N2O2. The minimum atomic E-state index is -0.135. The fraction of sp³-hybridized carbons (Fsp3) is 0.500. The van der Waals surface area contributed by atoms with Gasteiger partial charge in [0.2, 0.25) is 5.91 Å². The largest absolute Gasteiger partial charge is 0.508 e. The van der Waals surface area contributed by atoms with Crippen LogP contribution in [0.2, 0.25) is 0 Å². The minimum absolute atomic E-state index is 0.0629. The lowest BCUT2D eigenvalue weighted by molar-refractivity contribution is -0.122. The summed E-state index contributed by atoms with van der Waals surface area (Å²) in [7, 11) is 0. The molecule has 2 unspecified atom stereocenters. The van der Waals surface area contributed by atoms with E-state index in [1.54, 1.807) is 18.2 Å². The number of carbonyl (C=O) groups excluding carboxylic acids is 1. The molecule has 1 amide bonds. The first kappa shape index (κ1) is 14.5. The third kappa shape index (κ3) is 4.37. The van der Waals surface area contributed by atoms with Crippen molar-refractivity contribution in [3.63, 3.8) is 0 Å². The van der Waals surface area contributed by atoms with E-state index < -0.39 is 0 Å². The average molecular weight is 250 g/mol. The molecule has 1 aromatic rings. The molecule has 1 aromatic carbocycles. The molecule has 4 nitrogen and oxygen atoms in total. The van der Waals surface area contributed by atoms with Crippen molar-refractivity contribution in [2.45, 2.75) is 39.3 Å². The predicted octanol–water partition coefficient (Wildman–Crippen LogP) is 1.94. The van der Waals surface area contributed by atoms with Crippen LogP contribution in [0, 0.1) is 5.92 Å². The Labute approximate surface area is 108 Å². The van der Waals surface area contributed by atoms with Crippen LogP contribution >= 0.6 is 0 Å². The van der Waals surface area contributed by atoms with Gasteiger partial charge in [0.05, 0.1) is 6.04 Å². The molecule has 0 radical (unpaired) electrons. The maximum atomic E-state index is 11.8. The molecule has 0 aliphatic carbocycles. The van der Waals surface area contributed by atoms with Crippen molar-refractivity contribution in [1.82, 2.24) is 5.32 Å². The normalized spacial score (nSPS) is 14.3. The van der Waals surface area contributed by atoms with E-state index in [0.29, 0.717) is 6.42 Å². The van der Waals surface area contributed by atoms with Crippen LogP contribution in [0.3, 0.4) is 0 Å². The Balaban J connectivity index is 2.54. The number of hydrogen-bond acceptors (Lipinski definition) is 3. The molecule has 0 saturated heterocycles. The molecule has 0 aliphatic rings.